The van der Waals surface area contributed by atoms with Crippen LogP contribution in [0.3, 0.4) is 0 Å². The second-order valence-corrected chi connectivity index (χ2v) is 7.14. The van der Waals surface area contributed by atoms with E-state index in [0.717, 1.165) is 10.3 Å². The number of ether oxygens (including phenoxy) is 1. The molecule has 27 heavy (non-hydrogen) atoms. The van der Waals surface area contributed by atoms with E-state index in [0.29, 0.717) is 28.1 Å². The number of fused-ring (bicyclic) bond motifs is 1. The summed E-state index contributed by atoms with van der Waals surface area (Å²) in [6, 6.07) is 11.7. The molecule has 1 aromatic heterocycles. The van der Waals surface area contributed by atoms with Gasteiger partial charge in [0.1, 0.15) is 11.8 Å². The zero-order chi connectivity index (χ0) is 19.6. The third-order valence-corrected chi connectivity index (χ3v) is 5.35. The number of aromatic nitrogens is 1. The van der Waals surface area contributed by atoms with Gasteiger partial charge >= 0.3 is 5.97 Å². The Hall–Kier alpha value is -2.93. The summed E-state index contributed by atoms with van der Waals surface area (Å²) >= 11 is 1.29. The van der Waals surface area contributed by atoms with Crippen molar-refractivity contribution in [3.05, 3.63) is 58.4 Å². The van der Waals surface area contributed by atoms with Gasteiger partial charge in [0.2, 0.25) is 0 Å². The summed E-state index contributed by atoms with van der Waals surface area (Å²) in [6.45, 7) is 3.73. The molecule has 1 unspecified atom stereocenters. The molecule has 0 spiro atoms. The molecule has 0 saturated carbocycles. The van der Waals surface area contributed by atoms with Crippen LogP contribution in [0.4, 0.5) is 0 Å². The maximum atomic E-state index is 12.6. The lowest BCUT2D eigenvalue weighted by Gasteiger charge is -2.13. The van der Waals surface area contributed by atoms with Crippen LogP contribution in [0, 0.1) is 6.92 Å². The molecule has 0 radical (unpaired) electrons. The quantitative estimate of drug-likeness (QED) is 0.726. The highest BCUT2D eigenvalue weighted by molar-refractivity contribution is 7.16. The van der Waals surface area contributed by atoms with Gasteiger partial charge in [0.15, 0.2) is 4.80 Å². The first kappa shape index (κ1) is 18.8. The van der Waals surface area contributed by atoms with E-state index in [1.54, 1.807) is 42.9 Å². The molecule has 0 fully saturated rings. The predicted molar refractivity (Wildman–Crippen MR) is 104 cm³/mol. The van der Waals surface area contributed by atoms with Crippen LogP contribution in [0.2, 0.25) is 0 Å². The van der Waals surface area contributed by atoms with Crippen LogP contribution in [0.1, 0.15) is 35.3 Å². The van der Waals surface area contributed by atoms with E-state index in [1.165, 1.54) is 11.3 Å². The fourth-order valence-electron chi connectivity index (χ4n) is 2.84. The molecule has 0 aliphatic rings. The number of carboxylic acids is 1. The number of amides is 1. The molecule has 140 valence electrons. The van der Waals surface area contributed by atoms with Gasteiger partial charge in [-0.1, -0.05) is 36.0 Å². The molecular weight excluding hydrogens is 364 g/mol. The van der Waals surface area contributed by atoms with E-state index in [1.807, 2.05) is 25.1 Å². The van der Waals surface area contributed by atoms with Crippen molar-refractivity contribution in [3.63, 3.8) is 0 Å². The van der Waals surface area contributed by atoms with E-state index in [4.69, 9.17) is 4.74 Å². The maximum Gasteiger partial charge on any atom is 0.326 e. The van der Waals surface area contributed by atoms with Gasteiger partial charge in [-0.2, -0.15) is 4.99 Å². The highest BCUT2D eigenvalue weighted by atomic mass is 32.1. The van der Waals surface area contributed by atoms with Crippen molar-refractivity contribution in [2.24, 2.45) is 4.99 Å². The van der Waals surface area contributed by atoms with Gasteiger partial charge in [-0.05, 0) is 37.6 Å². The number of methoxy groups -OCH3 is 1. The number of hydrogen-bond donors (Lipinski definition) is 1. The van der Waals surface area contributed by atoms with Gasteiger partial charge in [0.05, 0.1) is 17.3 Å². The number of carbonyl (C=O) groups is 2. The Morgan fingerprint density at radius 2 is 1.93 bits per heavy atom. The number of nitrogens with zero attached hydrogens (tertiary/aromatic N) is 2. The van der Waals surface area contributed by atoms with Gasteiger partial charge in [0.25, 0.3) is 5.91 Å². The number of carbonyl (C=O) groups excluding carboxylic acids is 1. The molecule has 1 N–H and O–H groups in total. The standard InChI is InChI=1S/C20H20N2O4S/c1-4-15(19(24)25)22-16-11-14(26-3)9-10-17(16)27-20(22)21-18(23)13-7-5-12(2)6-8-13/h5-11,15H,4H2,1-3H3,(H,24,25). The minimum absolute atomic E-state index is 0.359. The largest absolute Gasteiger partial charge is 0.497 e. The van der Waals surface area contributed by atoms with E-state index >= 15 is 0 Å². The van der Waals surface area contributed by atoms with Crippen LogP contribution in [0.25, 0.3) is 10.2 Å². The van der Waals surface area contributed by atoms with Gasteiger partial charge < -0.3 is 14.4 Å². The molecule has 0 aliphatic carbocycles. The fraction of sp³-hybridized carbons (Fsp3) is 0.250. The lowest BCUT2D eigenvalue weighted by atomic mass is 10.1. The SMILES string of the molecule is CCC(C(=O)O)n1c(=NC(=O)c2ccc(C)cc2)sc2ccc(OC)cc21. The fourth-order valence-corrected chi connectivity index (χ4v) is 3.89. The maximum absolute atomic E-state index is 12.6. The molecule has 1 heterocycles. The predicted octanol–water partition coefficient (Wildman–Crippen LogP) is 3.80. The van der Waals surface area contributed by atoms with Crippen molar-refractivity contribution in [2.75, 3.05) is 7.11 Å². The number of aryl methyl sites for hydroxylation is 1. The van der Waals surface area contributed by atoms with Crippen molar-refractivity contribution in [2.45, 2.75) is 26.3 Å². The molecule has 7 heteroatoms. The first-order chi connectivity index (χ1) is 12.9. The van der Waals surface area contributed by atoms with Crippen LogP contribution >= 0.6 is 11.3 Å². The van der Waals surface area contributed by atoms with Crippen molar-refractivity contribution < 1.29 is 19.4 Å². The van der Waals surface area contributed by atoms with Gasteiger partial charge in [0, 0.05) is 11.6 Å². The van der Waals surface area contributed by atoms with Crippen molar-refractivity contribution in [1.82, 2.24) is 4.57 Å². The second-order valence-electron chi connectivity index (χ2n) is 6.13. The Kier molecular flexibility index (Phi) is 5.41. The van der Waals surface area contributed by atoms with Gasteiger partial charge in [-0.3, -0.25) is 4.79 Å². The highest BCUT2D eigenvalue weighted by Crippen LogP contribution is 2.26. The summed E-state index contributed by atoms with van der Waals surface area (Å²) in [5, 5.41) is 9.66. The van der Waals surface area contributed by atoms with Gasteiger partial charge in [-0.25, -0.2) is 4.79 Å². The Labute approximate surface area is 160 Å². The van der Waals surface area contributed by atoms with Crippen LogP contribution in [-0.2, 0) is 4.79 Å². The smallest absolute Gasteiger partial charge is 0.326 e. The summed E-state index contributed by atoms with van der Waals surface area (Å²) in [5.41, 5.74) is 2.20. The van der Waals surface area contributed by atoms with Crippen LogP contribution in [-0.4, -0.2) is 28.7 Å². The number of hydrogen-bond acceptors (Lipinski definition) is 4. The monoisotopic (exact) mass is 384 g/mol. The molecule has 0 saturated heterocycles. The molecule has 0 bridgehead atoms. The first-order valence-electron chi connectivity index (χ1n) is 8.52. The number of carboxylic acid groups (broad SMARTS) is 1. The minimum atomic E-state index is -0.968. The van der Waals surface area contributed by atoms with E-state index < -0.39 is 17.9 Å². The molecule has 0 aliphatic heterocycles. The van der Waals surface area contributed by atoms with Crippen molar-refractivity contribution >= 4 is 33.4 Å². The Morgan fingerprint density at radius 3 is 2.52 bits per heavy atom. The van der Waals surface area contributed by atoms with E-state index in [2.05, 4.69) is 4.99 Å². The number of aliphatic carboxylic acids is 1. The minimum Gasteiger partial charge on any atom is -0.497 e. The summed E-state index contributed by atoms with van der Waals surface area (Å²) in [6.07, 6.45) is 0.365. The van der Waals surface area contributed by atoms with Gasteiger partial charge in [-0.15, -0.1) is 0 Å². The van der Waals surface area contributed by atoms with Crippen molar-refractivity contribution in [3.8, 4) is 5.75 Å². The zero-order valence-electron chi connectivity index (χ0n) is 15.3. The molecule has 6 nitrogen and oxygen atoms in total. The van der Waals surface area contributed by atoms with Crippen LogP contribution < -0.4 is 9.54 Å². The Bertz CT molecular complexity index is 1060. The average Bonchev–Trinajstić information content (AvgIpc) is 2.99. The lowest BCUT2D eigenvalue weighted by molar-refractivity contribution is -0.140. The highest BCUT2D eigenvalue weighted by Gasteiger charge is 2.22. The molecule has 1 atom stereocenters. The van der Waals surface area contributed by atoms with E-state index in [-0.39, 0.29) is 0 Å². The normalized spacial score (nSPS) is 12.9. The third kappa shape index (κ3) is 3.78. The zero-order valence-corrected chi connectivity index (χ0v) is 16.1. The molecule has 2 aromatic carbocycles. The summed E-state index contributed by atoms with van der Waals surface area (Å²) in [5.74, 6) is -0.752. The number of thiazole rings is 1. The molecule has 3 rings (SSSR count). The first-order valence-corrected chi connectivity index (χ1v) is 9.34. The summed E-state index contributed by atoms with van der Waals surface area (Å²) < 4.78 is 7.72. The lowest BCUT2D eigenvalue weighted by Crippen LogP contribution is -2.27. The third-order valence-electron chi connectivity index (χ3n) is 4.31. The van der Waals surface area contributed by atoms with Crippen molar-refractivity contribution in [1.29, 1.82) is 0 Å². The molecule has 1 amide bonds. The van der Waals surface area contributed by atoms with Crippen LogP contribution in [0.5, 0.6) is 5.75 Å². The Morgan fingerprint density at radius 1 is 1.22 bits per heavy atom. The number of benzene rings is 2. The summed E-state index contributed by atoms with van der Waals surface area (Å²) in [7, 11) is 1.55. The molecular formula is C20H20N2O4S. The molecule has 3 aromatic rings. The number of rotatable bonds is 5. The topological polar surface area (TPSA) is 80.9 Å². The average molecular weight is 384 g/mol. The van der Waals surface area contributed by atoms with Crippen LogP contribution in [0.15, 0.2) is 47.5 Å². The summed E-state index contributed by atoms with van der Waals surface area (Å²) in [4.78, 5) is 29.0. The Balaban J connectivity index is 2.23. The van der Waals surface area contributed by atoms with E-state index in [9.17, 15) is 14.7 Å². The second kappa shape index (κ2) is 7.75.